The van der Waals surface area contributed by atoms with E-state index in [-0.39, 0.29) is 17.6 Å². The van der Waals surface area contributed by atoms with Gasteiger partial charge in [0.2, 0.25) is 5.91 Å². The number of carboxylic acid groups (broad SMARTS) is 1. The smallest absolute Gasteiger partial charge is 0.317 e. The molecule has 0 unspecified atom stereocenters. The van der Waals surface area contributed by atoms with Crippen LogP contribution in [-0.4, -0.2) is 50.6 Å². The maximum Gasteiger partial charge on any atom is 0.317 e. The van der Waals surface area contributed by atoms with E-state index in [4.69, 9.17) is 0 Å². The molecular formula is C16H21N3O4S2. The quantitative estimate of drug-likeness (QED) is 0.382. The zero-order valence-electron chi connectivity index (χ0n) is 14.3. The third kappa shape index (κ3) is 3.09. The van der Waals surface area contributed by atoms with Gasteiger partial charge in [0.1, 0.15) is 18.9 Å². The lowest BCUT2D eigenvalue weighted by atomic mass is 9.83. The molecule has 9 heteroatoms. The number of hydrogen-bond acceptors (Lipinski definition) is 6. The fraction of sp³-hybridized carbons (Fsp3) is 0.562. The number of aliphatic hydroxyl groups is 1. The van der Waals surface area contributed by atoms with Crippen LogP contribution in [0, 0.1) is 5.92 Å². The van der Waals surface area contributed by atoms with Crippen molar-refractivity contribution in [3.05, 3.63) is 23.0 Å². The lowest BCUT2D eigenvalue weighted by Gasteiger charge is -2.45. The van der Waals surface area contributed by atoms with Gasteiger partial charge in [-0.25, -0.2) is 9.13 Å². The number of aliphatic carboxylic acids is 1. The minimum Gasteiger partial charge on any atom is -0.543 e. The third-order valence-electron chi connectivity index (χ3n) is 4.69. The monoisotopic (exact) mass is 383 g/mol. The molecule has 0 aromatic carbocycles. The standard InChI is InChI=1S/C16H21N3O4S2/c1-9(20)12-10-8-11(13(15(22)23)19(10)14(12)21)25-7-6-18-5-4-17(2)16(18)24-3/h4-5,9-10,12,20H,6-8H2,1-3H3/t9-,10-,12-/m1/s1. The van der Waals surface area contributed by atoms with Gasteiger partial charge in [0.15, 0.2) is 0 Å². The molecule has 1 amide bonds. The number of rotatable bonds is 7. The van der Waals surface area contributed by atoms with Gasteiger partial charge >= 0.3 is 5.16 Å². The van der Waals surface area contributed by atoms with E-state index in [1.807, 2.05) is 30.3 Å². The van der Waals surface area contributed by atoms with Crippen LogP contribution in [0.5, 0.6) is 0 Å². The Labute approximate surface area is 154 Å². The van der Waals surface area contributed by atoms with Crippen LogP contribution in [0.25, 0.3) is 0 Å². The lowest BCUT2D eigenvalue weighted by molar-refractivity contribution is -0.728. The number of aromatic nitrogens is 2. The van der Waals surface area contributed by atoms with Gasteiger partial charge in [-0.15, -0.1) is 11.8 Å². The summed E-state index contributed by atoms with van der Waals surface area (Å²) in [6.07, 6.45) is 5.69. The first-order valence-electron chi connectivity index (χ1n) is 8.04. The summed E-state index contributed by atoms with van der Waals surface area (Å²) in [5, 5.41) is 22.4. The normalized spacial score (nSPS) is 23.7. The maximum atomic E-state index is 12.1. The van der Waals surface area contributed by atoms with Crippen molar-refractivity contribution in [2.75, 3.05) is 12.0 Å². The van der Waals surface area contributed by atoms with Crippen LogP contribution in [0.2, 0.25) is 0 Å². The Kier molecular flexibility index (Phi) is 5.17. The molecule has 2 aliphatic rings. The Bertz CT molecular complexity index is 744. The minimum absolute atomic E-state index is 0.0138. The van der Waals surface area contributed by atoms with E-state index in [0.717, 1.165) is 11.7 Å². The van der Waals surface area contributed by atoms with Gasteiger partial charge in [0, 0.05) is 17.1 Å². The number of aliphatic hydroxyl groups excluding tert-OH is 1. The lowest BCUT2D eigenvalue weighted by Crippen LogP contribution is -2.62. The zero-order chi connectivity index (χ0) is 18.3. The summed E-state index contributed by atoms with van der Waals surface area (Å²) < 4.78 is 4.15. The van der Waals surface area contributed by atoms with Gasteiger partial charge in [-0.3, -0.25) is 4.79 Å². The van der Waals surface area contributed by atoms with E-state index in [2.05, 4.69) is 4.57 Å². The van der Waals surface area contributed by atoms with E-state index >= 15 is 0 Å². The molecule has 0 bridgehead atoms. The molecule has 1 N–H and O–H groups in total. The number of thioether (sulfide) groups is 2. The van der Waals surface area contributed by atoms with Crippen molar-refractivity contribution in [1.82, 2.24) is 9.47 Å². The molecule has 3 atom stereocenters. The maximum absolute atomic E-state index is 12.1. The minimum atomic E-state index is -1.32. The third-order valence-corrected chi connectivity index (χ3v) is 6.67. The molecule has 25 heavy (non-hydrogen) atoms. The molecule has 7 nitrogen and oxygen atoms in total. The molecule has 0 aliphatic carbocycles. The zero-order valence-corrected chi connectivity index (χ0v) is 16.0. The van der Waals surface area contributed by atoms with Gasteiger partial charge in [0.25, 0.3) is 0 Å². The summed E-state index contributed by atoms with van der Waals surface area (Å²) in [4.78, 5) is 25.6. The summed E-state index contributed by atoms with van der Waals surface area (Å²) in [6.45, 7) is 2.31. The van der Waals surface area contributed by atoms with Crippen LogP contribution in [0.3, 0.4) is 0 Å². The van der Waals surface area contributed by atoms with Crippen LogP contribution < -0.4 is 9.67 Å². The molecule has 2 aliphatic heterocycles. The van der Waals surface area contributed by atoms with Crippen molar-refractivity contribution in [3.8, 4) is 0 Å². The van der Waals surface area contributed by atoms with Gasteiger partial charge in [-0.05, 0) is 24.9 Å². The first-order valence-corrected chi connectivity index (χ1v) is 10.2. The molecule has 1 aromatic rings. The van der Waals surface area contributed by atoms with Crippen molar-refractivity contribution in [2.24, 2.45) is 13.0 Å². The van der Waals surface area contributed by atoms with Crippen molar-refractivity contribution in [2.45, 2.75) is 37.2 Å². The second-order valence-corrected chi connectivity index (χ2v) is 8.21. The number of β-lactam (4-membered cyclic amide) rings is 1. The van der Waals surface area contributed by atoms with Crippen LogP contribution in [0.4, 0.5) is 0 Å². The summed E-state index contributed by atoms with van der Waals surface area (Å²) >= 11 is 3.10. The summed E-state index contributed by atoms with van der Waals surface area (Å²) in [6, 6.07) is -0.256. The number of carbonyl (C=O) groups excluding carboxylic acids is 2. The van der Waals surface area contributed by atoms with Crippen molar-refractivity contribution in [1.29, 1.82) is 0 Å². The number of carboxylic acids is 1. The average Bonchev–Trinajstić information content (AvgIpc) is 3.05. The molecule has 136 valence electrons. The highest BCUT2D eigenvalue weighted by Gasteiger charge is 2.55. The fourth-order valence-electron chi connectivity index (χ4n) is 3.56. The number of nitrogens with zero attached hydrogens (tertiary/aromatic N) is 3. The Morgan fingerprint density at radius 3 is 2.88 bits per heavy atom. The van der Waals surface area contributed by atoms with Gasteiger partial charge in [0.05, 0.1) is 36.8 Å². The second-order valence-electron chi connectivity index (χ2n) is 6.24. The number of fused-ring (bicyclic) bond motifs is 1. The van der Waals surface area contributed by atoms with E-state index in [1.165, 1.54) is 16.7 Å². The van der Waals surface area contributed by atoms with E-state index in [1.54, 1.807) is 18.7 Å². The largest absolute Gasteiger partial charge is 0.543 e. The Morgan fingerprint density at radius 2 is 2.28 bits per heavy atom. The first kappa shape index (κ1) is 18.3. The molecular weight excluding hydrogens is 362 g/mol. The Hall–Kier alpha value is -1.45. The van der Waals surface area contributed by atoms with Gasteiger partial charge < -0.3 is 19.9 Å². The Morgan fingerprint density at radius 1 is 1.56 bits per heavy atom. The predicted octanol–water partition coefficient (Wildman–Crippen LogP) is -0.659. The number of imidazole rings is 1. The first-order chi connectivity index (χ1) is 11.9. The molecule has 3 heterocycles. The molecule has 1 aromatic heterocycles. The second kappa shape index (κ2) is 7.05. The van der Waals surface area contributed by atoms with Crippen LogP contribution in [0.15, 0.2) is 28.2 Å². The highest BCUT2D eigenvalue weighted by Crippen LogP contribution is 2.46. The number of amides is 1. The fourth-order valence-corrected chi connectivity index (χ4v) is 5.44. The van der Waals surface area contributed by atoms with Crippen LogP contribution in [-0.2, 0) is 23.2 Å². The average molecular weight is 383 g/mol. The number of hydrogen-bond donors (Lipinski definition) is 1. The molecule has 0 saturated carbocycles. The molecule has 0 radical (unpaired) electrons. The van der Waals surface area contributed by atoms with Crippen molar-refractivity contribution < 1.29 is 24.4 Å². The highest BCUT2D eigenvalue weighted by molar-refractivity contribution is 8.03. The predicted molar refractivity (Wildman–Crippen MR) is 92.3 cm³/mol. The van der Waals surface area contributed by atoms with Crippen molar-refractivity contribution in [3.63, 3.8) is 0 Å². The van der Waals surface area contributed by atoms with E-state index in [9.17, 15) is 19.8 Å². The van der Waals surface area contributed by atoms with E-state index < -0.39 is 18.0 Å². The summed E-state index contributed by atoms with van der Waals surface area (Å²) in [5.74, 6) is -1.46. The topological polar surface area (TPSA) is 89.5 Å². The van der Waals surface area contributed by atoms with Crippen LogP contribution in [0.1, 0.15) is 13.3 Å². The Balaban J connectivity index is 1.69. The molecule has 3 rings (SSSR count). The molecule has 1 saturated heterocycles. The van der Waals surface area contributed by atoms with E-state index in [0.29, 0.717) is 17.1 Å². The van der Waals surface area contributed by atoms with Gasteiger partial charge in [-0.1, -0.05) is 0 Å². The van der Waals surface area contributed by atoms with Crippen LogP contribution >= 0.6 is 23.5 Å². The van der Waals surface area contributed by atoms with Crippen molar-refractivity contribution >= 4 is 35.4 Å². The number of carbonyl (C=O) groups is 2. The van der Waals surface area contributed by atoms with Gasteiger partial charge in [-0.2, -0.15) is 0 Å². The molecule has 1 fully saturated rings. The SMILES string of the molecule is CSc1n(C)cc[n+]1CCSC1=C(C(=O)[O-])N2C(=O)[C@H]([C@@H](C)O)[C@H]2C1. The highest BCUT2D eigenvalue weighted by atomic mass is 32.2. The number of aryl methyl sites for hydroxylation is 2. The summed E-state index contributed by atoms with van der Waals surface area (Å²) in [7, 11) is 1.98. The molecule has 0 spiro atoms. The summed E-state index contributed by atoms with van der Waals surface area (Å²) in [5.41, 5.74) is -0.0138.